The van der Waals surface area contributed by atoms with E-state index in [1.807, 2.05) is 27.8 Å². The number of hydrogen-bond donors (Lipinski definition) is 1. The second-order valence-corrected chi connectivity index (χ2v) is 9.54. The molecule has 158 valence electrons. The maximum absolute atomic E-state index is 13.5. The molecule has 0 saturated heterocycles. The van der Waals surface area contributed by atoms with Crippen molar-refractivity contribution in [3.63, 3.8) is 0 Å². The number of rotatable bonds is 4. The molecule has 2 heterocycles. The van der Waals surface area contributed by atoms with Gasteiger partial charge in [0.2, 0.25) is 0 Å². The van der Waals surface area contributed by atoms with E-state index in [0.717, 1.165) is 42.0 Å². The van der Waals surface area contributed by atoms with Crippen LogP contribution < -0.4 is 0 Å². The fraction of sp³-hybridized carbons (Fsp3) is 0.375. The van der Waals surface area contributed by atoms with Crippen molar-refractivity contribution in [3.8, 4) is 0 Å². The third kappa shape index (κ3) is 2.81. The van der Waals surface area contributed by atoms with Gasteiger partial charge in [0.15, 0.2) is 0 Å². The Morgan fingerprint density at radius 1 is 1.26 bits per heavy atom. The first kappa shape index (κ1) is 18.9. The Labute approximate surface area is 184 Å². The third-order valence-corrected chi connectivity index (χ3v) is 7.59. The molecule has 1 aromatic heterocycles. The summed E-state index contributed by atoms with van der Waals surface area (Å²) in [5, 5.41) is 15.0. The van der Waals surface area contributed by atoms with E-state index in [-0.39, 0.29) is 29.0 Å². The highest BCUT2D eigenvalue weighted by Crippen LogP contribution is 2.59. The van der Waals surface area contributed by atoms with Crippen molar-refractivity contribution < 1.29 is 14.7 Å². The van der Waals surface area contributed by atoms with Crippen LogP contribution in [-0.2, 0) is 12.0 Å². The lowest BCUT2D eigenvalue weighted by atomic mass is 9.95. The van der Waals surface area contributed by atoms with E-state index >= 15 is 0 Å². The second-order valence-electron chi connectivity index (χ2n) is 9.10. The summed E-state index contributed by atoms with van der Waals surface area (Å²) < 4.78 is 1.97. The first-order valence-corrected chi connectivity index (χ1v) is 11.1. The highest BCUT2D eigenvalue weighted by Gasteiger charge is 2.56. The molecule has 3 aliphatic carbocycles. The molecular weight excluding hydrogens is 414 g/mol. The van der Waals surface area contributed by atoms with Gasteiger partial charge in [0, 0.05) is 17.0 Å². The van der Waals surface area contributed by atoms with E-state index in [4.69, 9.17) is 16.7 Å². The molecule has 1 amide bonds. The molecule has 7 heteroatoms. The number of aromatic carboxylic acids is 1. The summed E-state index contributed by atoms with van der Waals surface area (Å²) in [6.45, 7) is 0.410. The first-order chi connectivity index (χ1) is 15.0. The molecule has 31 heavy (non-hydrogen) atoms. The quantitative estimate of drug-likeness (QED) is 0.777. The SMILES string of the molecule is O=C(O)c1cccc(CN2C(=O)c3cc(C45C=CC(Cl)=CC4C5)nn3C3CCC[C@H]32)c1. The second kappa shape index (κ2) is 6.57. The van der Waals surface area contributed by atoms with Crippen LogP contribution in [-0.4, -0.2) is 37.7 Å². The molecule has 6 nitrogen and oxygen atoms in total. The monoisotopic (exact) mass is 435 g/mol. The number of carboxylic acid groups (broad SMARTS) is 1. The van der Waals surface area contributed by atoms with Crippen molar-refractivity contribution in [2.24, 2.45) is 5.92 Å². The van der Waals surface area contributed by atoms with E-state index in [2.05, 4.69) is 12.2 Å². The van der Waals surface area contributed by atoms with Gasteiger partial charge in [0.25, 0.3) is 5.91 Å². The van der Waals surface area contributed by atoms with Crippen LogP contribution in [0.5, 0.6) is 0 Å². The van der Waals surface area contributed by atoms with Crippen LogP contribution in [0.2, 0.25) is 0 Å². The van der Waals surface area contributed by atoms with Crippen molar-refractivity contribution in [2.75, 3.05) is 0 Å². The van der Waals surface area contributed by atoms with Gasteiger partial charge in [-0.2, -0.15) is 5.10 Å². The zero-order chi connectivity index (χ0) is 21.3. The lowest BCUT2D eigenvalue weighted by Crippen LogP contribution is -2.48. The van der Waals surface area contributed by atoms with Gasteiger partial charge in [-0.15, -0.1) is 0 Å². The Morgan fingerprint density at radius 2 is 2.10 bits per heavy atom. The lowest BCUT2D eigenvalue weighted by Gasteiger charge is -2.38. The Morgan fingerprint density at radius 3 is 2.90 bits per heavy atom. The van der Waals surface area contributed by atoms with E-state index in [1.54, 1.807) is 18.2 Å². The van der Waals surface area contributed by atoms with Crippen LogP contribution >= 0.6 is 11.6 Å². The molecule has 2 saturated carbocycles. The molecule has 0 spiro atoms. The van der Waals surface area contributed by atoms with Gasteiger partial charge in [-0.1, -0.05) is 35.9 Å². The molecule has 3 unspecified atom stereocenters. The molecule has 4 atom stereocenters. The summed E-state index contributed by atoms with van der Waals surface area (Å²) in [5.74, 6) is -0.628. The van der Waals surface area contributed by atoms with E-state index < -0.39 is 5.97 Å². The minimum absolute atomic E-state index is 0.0235. The minimum atomic E-state index is -0.957. The van der Waals surface area contributed by atoms with Gasteiger partial charge in [-0.05, 0) is 61.4 Å². The number of carboxylic acids is 1. The number of carbonyl (C=O) groups is 2. The summed E-state index contributed by atoms with van der Waals surface area (Å²) in [6, 6.07) is 9.09. The predicted molar refractivity (Wildman–Crippen MR) is 115 cm³/mol. The van der Waals surface area contributed by atoms with Crippen LogP contribution in [0, 0.1) is 5.92 Å². The van der Waals surface area contributed by atoms with Crippen LogP contribution in [0.25, 0.3) is 0 Å². The molecule has 2 fully saturated rings. The predicted octanol–water partition coefficient (Wildman–Crippen LogP) is 4.28. The molecule has 1 N–H and O–H groups in total. The number of allylic oxidation sites excluding steroid dienone is 4. The van der Waals surface area contributed by atoms with Gasteiger partial charge in [0.05, 0.1) is 23.3 Å². The summed E-state index contributed by atoms with van der Waals surface area (Å²) in [4.78, 5) is 26.8. The van der Waals surface area contributed by atoms with Crippen LogP contribution in [0.3, 0.4) is 0 Å². The zero-order valence-electron chi connectivity index (χ0n) is 16.9. The number of benzene rings is 1. The lowest BCUT2D eigenvalue weighted by molar-refractivity contribution is 0.0522. The number of fused-ring (bicyclic) bond motifs is 4. The van der Waals surface area contributed by atoms with Gasteiger partial charge < -0.3 is 10.0 Å². The molecule has 1 aliphatic heterocycles. The topological polar surface area (TPSA) is 75.4 Å². The fourth-order valence-corrected chi connectivity index (χ4v) is 5.87. The first-order valence-electron chi connectivity index (χ1n) is 10.8. The number of halogens is 1. The number of nitrogens with zero attached hydrogens (tertiary/aromatic N) is 3. The van der Waals surface area contributed by atoms with Crippen LogP contribution in [0.15, 0.2) is 53.6 Å². The highest BCUT2D eigenvalue weighted by atomic mass is 35.5. The fourth-order valence-electron chi connectivity index (χ4n) is 5.65. The average Bonchev–Trinajstić information content (AvgIpc) is 3.10. The summed E-state index contributed by atoms with van der Waals surface area (Å²) >= 11 is 6.16. The summed E-state index contributed by atoms with van der Waals surface area (Å²) in [6.07, 6.45) is 10.1. The number of amides is 1. The maximum Gasteiger partial charge on any atom is 0.335 e. The van der Waals surface area contributed by atoms with Crippen LogP contribution in [0.1, 0.15) is 63.8 Å². The van der Waals surface area contributed by atoms with E-state index in [0.29, 0.717) is 18.2 Å². The number of aromatic nitrogens is 2. The molecule has 4 aliphatic rings. The van der Waals surface area contributed by atoms with Gasteiger partial charge in [-0.3, -0.25) is 9.48 Å². The summed E-state index contributed by atoms with van der Waals surface area (Å²) in [7, 11) is 0. The normalized spacial score (nSPS) is 30.5. The maximum atomic E-state index is 13.5. The van der Waals surface area contributed by atoms with Crippen molar-refractivity contribution in [1.29, 1.82) is 0 Å². The van der Waals surface area contributed by atoms with E-state index in [1.165, 1.54) is 0 Å². The third-order valence-electron chi connectivity index (χ3n) is 7.34. The van der Waals surface area contributed by atoms with Crippen molar-refractivity contribution in [1.82, 2.24) is 14.7 Å². The summed E-state index contributed by atoms with van der Waals surface area (Å²) in [5.41, 5.74) is 2.55. The smallest absolute Gasteiger partial charge is 0.335 e. The van der Waals surface area contributed by atoms with Crippen molar-refractivity contribution >= 4 is 23.5 Å². The van der Waals surface area contributed by atoms with Gasteiger partial charge >= 0.3 is 5.97 Å². The Kier molecular flexibility index (Phi) is 4.00. The van der Waals surface area contributed by atoms with E-state index in [9.17, 15) is 14.7 Å². The standard InChI is InChI=1S/C24H22ClN3O3/c25-17-7-8-24(12-16(24)10-17)21-11-20-22(29)27(18-5-2-6-19(18)28(20)26-21)13-14-3-1-4-15(9-14)23(30)31/h1,3-4,7-11,16,18-19H,2,5-6,12-13H2,(H,30,31)/t16?,18-,19?,24?/m1/s1. The number of carbonyl (C=O) groups excluding carboxylic acids is 1. The molecular formula is C24H22ClN3O3. The largest absolute Gasteiger partial charge is 0.478 e. The molecule has 0 radical (unpaired) electrons. The molecule has 6 rings (SSSR count). The van der Waals surface area contributed by atoms with Crippen LogP contribution in [0.4, 0.5) is 0 Å². The van der Waals surface area contributed by atoms with Gasteiger partial charge in [-0.25, -0.2) is 4.79 Å². The highest BCUT2D eigenvalue weighted by molar-refractivity contribution is 6.31. The molecule has 2 aromatic rings. The van der Waals surface area contributed by atoms with Gasteiger partial charge in [0.1, 0.15) is 5.69 Å². The van der Waals surface area contributed by atoms with Crippen molar-refractivity contribution in [2.45, 2.75) is 49.7 Å². The zero-order valence-corrected chi connectivity index (χ0v) is 17.6. The number of hydrogen-bond acceptors (Lipinski definition) is 3. The van der Waals surface area contributed by atoms with Crippen molar-refractivity contribution in [3.05, 3.63) is 76.1 Å². The Bertz CT molecular complexity index is 1180. The molecule has 1 aromatic carbocycles. The average molecular weight is 436 g/mol. The minimum Gasteiger partial charge on any atom is -0.478 e. The Hall–Kier alpha value is -2.86. The Balaban J connectivity index is 1.35. The molecule has 0 bridgehead atoms.